The molecule has 0 spiro atoms. The van der Waals surface area contributed by atoms with Crippen molar-refractivity contribution in [2.24, 2.45) is 0 Å². The molecule has 0 fully saturated rings. The van der Waals surface area contributed by atoms with Gasteiger partial charge in [0.05, 0.1) is 5.56 Å². The van der Waals surface area contributed by atoms with Gasteiger partial charge in [0.2, 0.25) is 0 Å². The third-order valence-electron chi connectivity index (χ3n) is 3.06. The molecule has 1 N–H and O–H groups in total. The summed E-state index contributed by atoms with van der Waals surface area (Å²) in [5, 5.41) is 11.0. The number of thiophene rings is 1. The summed E-state index contributed by atoms with van der Waals surface area (Å²) in [5.41, 5.74) is 1.41. The Morgan fingerprint density at radius 3 is 2.80 bits per heavy atom. The number of halogens is 1. The summed E-state index contributed by atoms with van der Waals surface area (Å²) < 4.78 is 0.848. The maximum atomic E-state index is 10.9. The monoisotopic (exact) mass is 353 g/mol. The molecule has 0 unspecified atom stereocenters. The van der Waals surface area contributed by atoms with E-state index in [0.717, 1.165) is 29.5 Å². The van der Waals surface area contributed by atoms with E-state index in [1.165, 1.54) is 4.88 Å². The molecule has 3 nitrogen and oxygen atoms in total. The van der Waals surface area contributed by atoms with Gasteiger partial charge in [-0.1, -0.05) is 28.1 Å². The first kappa shape index (κ1) is 15.2. The van der Waals surface area contributed by atoms with E-state index in [-0.39, 0.29) is 0 Å². The number of carboxylic acid groups (broad SMARTS) is 1. The first-order valence-electron chi connectivity index (χ1n) is 6.29. The second-order valence-electron chi connectivity index (χ2n) is 4.68. The van der Waals surface area contributed by atoms with Gasteiger partial charge in [-0.3, -0.25) is 0 Å². The zero-order valence-corrected chi connectivity index (χ0v) is 13.6. The fourth-order valence-electron chi connectivity index (χ4n) is 1.93. The highest BCUT2D eigenvalue weighted by Gasteiger charge is 2.09. The molecule has 1 heterocycles. The molecule has 0 saturated carbocycles. The highest BCUT2D eigenvalue weighted by Crippen LogP contribution is 2.20. The van der Waals surface area contributed by atoms with Gasteiger partial charge in [-0.25, -0.2) is 4.79 Å². The minimum Gasteiger partial charge on any atom is -0.478 e. The van der Waals surface area contributed by atoms with Crippen molar-refractivity contribution in [2.75, 3.05) is 13.6 Å². The number of aromatic carboxylic acids is 1. The number of nitrogens with zero attached hydrogens (tertiary/aromatic N) is 1. The molecule has 1 aromatic carbocycles. The lowest BCUT2D eigenvalue weighted by atomic mass is 10.1. The number of benzene rings is 1. The van der Waals surface area contributed by atoms with E-state index < -0.39 is 5.97 Å². The summed E-state index contributed by atoms with van der Waals surface area (Å²) in [7, 11) is 2.07. The Balaban J connectivity index is 1.93. The molecule has 2 aromatic rings. The van der Waals surface area contributed by atoms with Crippen LogP contribution in [0.2, 0.25) is 0 Å². The van der Waals surface area contributed by atoms with Crippen LogP contribution in [0.15, 0.2) is 40.2 Å². The van der Waals surface area contributed by atoms with Crippen molar-refractivity contribution in [1.29, 1.82) is 0 Å². The molecular formula is C15H16BrNO2S. The lowest BCUT2D eigenvalue weighted by Gasteiger charge is -2.17. The molecule has 0 radical (unpaired) electrons. The van der Waals surface area contributed by atoms with Crippen LogP contribution in [0.4, 0.5) is 0 Å². The van der Waals surface area contributed by atoms with Crippen molar-refractivity contribution < 1.29 is 9.90 Å². The van der Waals surface area contributed by atoms with Crippen LogP contribution in [-0.2, 0) is 13.0 Å². The Morgan fingerprint density at radius 1 is 1.40 bits per heavy atom. The maximum Gasteiger partial charge on any atom is 0.335 e. The van der Waals surface area contributed by atoms with Gasteiger partial charge in [-0.2, -0.15) is 0 Å². The second kappa shape index (κ2) is 7.02. The molecule has 1 aromatic heterocycles. The van der Waals surface area contributed by atoms with Crippen LogP contribution >= 0.6 is 27.3 Å². The Kier molecular flexibility index (Phi) is 5.34. The molecule has 0 aliphatic carbocycles. The third-order valence-corrected chi connectivity index (χ3v) is 4.73. The lowest BCUT2D eigenvalue weighted by molar-refractivity contribution is 0.0697. The fraction of sp³-hybridized carbons (Fsp3) is 0.267. The van der Waals surface area contributed by atoms with Gasteiger partial charge in [-0.05, 0) is 42.6 Å². The molecule has 5 heteroatoms. The largest absolute Gasteiger partial charge is 0.478 e. The van der Waals surface area contributed by atoms with E-state index in [0.29, 0.717) is 5.56 Å². The normalized spacial score (nSPS) is 10.9. The van der Waals surface area contributed by atoms with E-state index in [1.807, 2.05) is 6.07 Å². The van der Waals surface area contributed by atoms with E-state index in [2.05, 4.69) is 45.4 Å². The summed E-state index contributed by atoms with van der Waals surface area (Å²) in [6.07, 6.45) is 1.04. The number of carboxylic acids is 1. The van der Waals surface area contributed by atoms with Gasteiger partial charge in [0.25, 0.3) is 0 Å². The number of rotatable bonds is 6. The summed E-state index contributed by atoms with van der Waals surface area (Å²) in [6, 6.07) is 9.40. The van der Waals surface area contributed by atoms with E-state index >= 15 is 0 Å². The first-order valence-corrected chi connectivity index (χ1v) is 7.96. The Morgan fingerprint density at radius 2 is 2.20 bits per heavy atom. The maximum absolute atomic E-state index is 10.9. The van der Waals surface area contributed by atoms with Crippen LogP contribution < -0.4 is 0 Å². The molecule has 106 valence electrons. The van der Waals surface area contributed by atoms with Crippen molar-refractivity contribution in [1.82, 2.24) is 4.90 Å². The SMILES string of the molecule is CN(CCc1cccs1)Cc1ccc(C(=O)O)cc1Br. The molecular weight excluding hydrogens is 338 g/mol. The number of carbonyl (C=O) groups is 1. The molecule has 0 aliphatic heterocycles. The van der Waals surface area contributed by atoms with Crippen LogP contribution in [0.25, 0.3) is 0 Å². The predicted octanol–water partition coefficient (Wildman–Crippen LogP) is 3.88. The van der Waals surface area contributed by atoms with Gasteiger partial charge in [0, 0.05) is 22.4 Å². The van der Waals surface area contributed by atoms with Crippen LogP contribution in [0, 0.1) is 0 Å². The lowest BCUT2D eigenvalue weighted by Crippen LogP contribution is -2.20. The summed E-state index contributed by atoms with van der Waals surface area (Å²) in [5.74, 6) is -0.900. The second-order valence-corrected chi connectivity index (χ2v) is 6.57. The molecule has 2 rings (SSSR count). The average molecular weight is 354 g/mol. The standard InChI is InChI=1S/C15H16BrNO2S/c1-17(7-6-13-3-2-8-20-13)10-12-5-4-11(15(18)19)9-14(12)16/h2-5,8-9H,6-7,10H2,1H3,(H,18,19). The smallest absolute Gasteiger partial charge is 0.335 e. The van der Waals surface area contributed by atoms with Crippen LogP contribution in [-0.4, -0.2) is 29.6 Å². The average Bonchev–Trinajstić information content (AvgIpc) is 2.91. The molecule has 0 aliphatic rings. The van der Waals surface area contributed by atoms with Crippen molar-refractivity contribution in [3.05, 3.63) is 56.2 Å². The fourth-order valence-corrected chi connectivity index (χ4v) is 3.14. The molecule has 0 saturated heterocycles. The van der Waals surface area contributed by atoms with Gasteiger partial charge >= 0.3 is 5.97 Å². The molecule has 0 bridgehead atoms. The van der Waals surface area contributed by atoms with Crippen molar-refractivity contribution in [3.8, 4) is 0 Å². The quantitative estimate of drug-likeness (QED) is 0.856. The van der Waals surface area contributed by atoms with Gasteiger partial charge in [0.15, 0.2) is 0 Å². The predicted molar refractivity (Wildman–Crippen MR) is 85.5 cm³/mol. The first-order chi connectivity index (χ1) is 9.56. The van der Waals surface area contributed by atoms with Gasteiger partial charge in [-0.15, -0.1) is 11.3 Å². The number of hydrogen-bond acceptors (Lipinski definition) is 3. The number of hydrogen-bond donors (Lipinski definition) is 1. The Labute approximate surface area is 131 Å². The van der Waals surface area contributed by atoms with Crippen molar-refractivity contribution in [2.45, 2.75) is 13.0 Å². The molecule has 0 atom stereocenters. The third kappa shape index (κ3) is 4.16. The van der Waals surface area contributed by atoms with Crippen molar-refractivity contribution >= 4 is 33.2 Å². The summed E-state index contributed by atoms with van der Waals surface area (Å²) in [4.78, 5) is 14.5. The zero-order chi connectivity index (χ0) is 14.5. The summed E-state index contributed by atoms with van der Waals surface area (Å²) in [6.45, 7) is 1.78. The Bertz CT molecular complexity index is 584. The van der Waals surface area contributed by atoms with Crippen LogP contribution in [0.3, 0.4) is 0 Å². The zero-order valence-electron chi connectivity index (χ0n) is 11.2. The Hall–Kier alpha value is -1.17. The van der Waals surface area contributed by atoms with Crippen LogP contribution in [0.1, 0.15) is 20.8 Å². The van der Waals surface area contributed by atoms with Gasteiger partial charge in [0.1, 0.15) is 0 Å². The minimum atomic E-state index is -0.900. The van der Waals surface area contributed by atoms with Gasteiger partial charge < -0.3 is 10.0 Å². The van der Waals surface area contributed by atoms with E-state index in [9.17, 15) is 4.79 Å². The highest BCUT2D eigenvalue weighted by molar-refractivity contribution is 9.10. The summed E-state index contributed by atoms with van der Waals surface area (Å²) >= 11 is 5.22. The van der Waals surface area contributed by atoms with Crippen molar-refractivity contribution in [3.63, 3.8) is 0 Å². The highest BCUT2D eigenvalue weighted by atomic mass is 79.9. The van der Waals surface area contributed by atoms with Crippen LogP contribution in [0.5, 0.6) is 0 Å². The topological polar surface area (TPSA) is 40.5 Å². The molecule has 0 amide bonds. The van der Waals surface area contributed by atoms with E-state index in [1.54, 1.807) is 23.5 Å². The number of likely N-dealkylation sites (N-methyl/N-ethyl adjacent to an activating group) is 1. The minimum absolute atomic E-state index is 0.307. The molecule has 20 heavy (non-hydrogen) atoms. The van der Waals surface area contributed by atoms with E-state index in [4.69, 9.17) is 5.11 Å².